The molecular formula is C26H30O3. The van der Waals surface area contributed by atoms with Crippen LogP contribution in [0, 0.1) is 0 Å². The summed E-state index contributed by atoms with van der Waals surface area (Å²) >= 11 is 0. The zero-order valence-electron chi connectivity index (χ0n) is 18.2. The molecule has 0 saturated heterocycles. The molecule has 29 heavy (non-hydrogen) atoms. The second-order valence-electron chi connectivity index (χ2n) is 6.14. The van der Waals surface area contributed by atoms with Crippen LogP contribution >= 0.6 is 0 Å². The Kier molecular flexibility index (Phi) is 8.50. The molecule has 3 heteroatoms. The number of rotatable bonds is 3. The van der Waals surface area contributed by atoms with E-state index in [2.05, 4.69) is 65.4 Å². The fourth-order valence-corrected chi connectivity index (χ4v) is 3.36. The monoisotopic (exact) mass is 390 g/mol. The van der Waals surface area contributed by atoms with E-state index >= 15 is 0 Å². The van der Waals surface area contributed by atoms with Gasteiger partial charge in [-0.05, 0) is 33.7 Å². The van der Waals surface area contributed by atoms with Crippen LogP contribution in [0.15, 0.2) is 72.8 Å². The minimum Gasteiger partial charge on any atom is -0.496 e. The molecule has 4 aromatic rings. The van der Waals surface area contributed by atoms with Crippen molar-refractivity contribution < 1.29 is 14.2 Å². The summed E-state index contributed by atoms with van der Waals surface area (Å²) in [6, 6.07) is 25.0. The molecule has 4 aromatic carbocycles. The van der Waals surface area contributed by atoms with Crippen LogP contribution in [0.25, 0.3) is 32.7 Å². The first-order valence-corrected chi connectivity index (χ1v) is 9.77. The fourth-order valence-electron chi connectivity index (χ4n) is 3.36. The van der Waals surface area contributed by atoms with Gasteiger partial charge < -0.3 is 14.2 Å². The van der Waals surface area contributed by atoms with Crippen LogP contribution in [-0.2, 0) is 4.74 Å². The van der Waals surface area contributed by atoms with E-state index in [0.29, 0.717) is 0 Å². The Morgan fingerprint density at radius 2 is 0.828 bits per heavy atom. The van der Waals surface area contributed by atoms with Crippen molar-refractivity contribution in [3.63, 3.8) is 0 Å². The van der Waals surface area contributed by atoms with Gasteiger partial charge in [-0.1, -0.05) is 74.5 Å². The standard InChI is InChI=1S/C22H18O2.C2H6O.C2H6/c1-23-19-13-11-15-7-3-5-9-17(15)21(19)22-18-10-6-4-8-16(18)12-14-20(22)24-2;1-3-2;1-2/h3-14H,1-2H3;1-2H3;1-2H3. The smallest absolute Gasteiger partial charge is 0.127 e. The third-order valence-electron chi connectivity index (χ3n) is 4.47. The largest absolute Gasteiger partial charge is 0.496 e. The first-order chi connectivity index (χ1) is 14.2. The molecule has 3 nitrogen and oxygen atoms in total. The van der Waals surface area contributed by atoms with Crippen molar-refractivity contribution in [3.8, 4) is 22.6 Å². The molecule has 0 unspecified atom stereocenters. The molecule has 0 fully saturated rings. The Hall–Kier alpha value is -3.04. The third kappa shape index (κ3) is 4.69. The molecule has 0 heterocycles. The number of benzene rings is 4. The summed E-state index contributed by atoms with van der Waals surface area (Å²) in [6.45, 7) is 4.00. The average molecular weight is 391 g/mol. The van der Waals surface area contributed by atoms with Crippen LogP contribution in [0.1, 0.15) is 13.8 Å². The highest BCUT2D eigenvalue weighted by molar-refractivity contribution is 6.09. The summed E-state index contributed by atoms with van der Waals surface area (Å²) in [5.41, 5.74) is 2.15. The van der Waals surface area contributed by atoms with E-state index in [1.807, 2.05) is 26.0 Å². The van der Waals surface area contributed by atoms with Crippen LogP contribution in [0.4, 0.5) is 0 Å². The Labute approximate surface area is 173 Å². The molecule has 152 valence electrons. The van der Waals surface area contributed by atoms with Gasteiger partial charge in [0.1, 0.15) is 11.5 Å². The van der Waals surface area contributed by atoms with Crippen LogP contribution in [0.2, 0.25) is 0 Å². The minimum atomic E-state index is 0.850. The highest BCUT2D eigenvalue weighted by Crippen LogP contribution is 2.45. The molecule has 0 saturated carbocycles. The van der Waals surface area contributed by atoms with Crippen molar-refractivity contribution in [2.45, 2.75) is 13.8 Å². The molecule has 0 bridgehead atoms. The molecule has 0 atom stereocenters. The topological polar surface area (TPSA) is 27.7 Å². The first kappa shape index (κ1) is 22.3. The molecule has 0 aliphatic heterocycles. The molecule has 4 rings (SSSR count). The highest BCUT2D eigenvalue weighted by Gasteiger charge is 2.17. The zero-order valence-corrected chi connectivity index (χ0v) is 18.2. The predicted octanol–water partition coefficient (Wildman–Crippen LogP) is 6.97. The lowest BCUT2D eigenvalue weighted by Crippen LogP contribution is -1.94. The molecule has 0 aliphatic carbocycles. The van der Waals surface area contributed by atoms with E-state index < -0.39 is 0 Å². The van der Waals surface area contributed by atoms with Crippen molar-refractivity contribution in [2.24, 2.45) is 0 Å². The third-order valence-corrected chi connectivity index (χ3v) is 4.47. The lowest BCUT2D eigenvalue weighted by Gasteiger charge is -2.17. The van der Waals surface area contributed by atoms with Crippen LogP contribution < -0.4 is 9.47 Å². The number of methoxy groups -OCH3 is 3. The molecule has 0 radical (unpaired) electrons. The van der Waals surface area contributed by atoms with Crippen molar-refractivity contribution >= 4 is 21.5 Å². The normalized spacial score (nSPS) is 9.86. The van der Waals surface area contributed by atoms with E-state index in [0.717, 1.165) is 33.4 Å². The van der Waals surface area contributed by atoms with Crippen molar-refractivity contribution in [3.05, 3.63) is 72.8 Å². The van der Waals surface area contributed by atoms with Gasteiger partial charge in [-0.2, -0.15) is 0 Å². The Balaban J connectivity index is 0.000000551. The quantitative estimate of drug-likeness (QED) is 0.378. The highest BCUT2D eigenvalue weighted by atomic mass is 16.5. The summed E-state index contributed by atoms with van der Waals surface area (Å²) in [5.74, 6) is 1.70. The number of hydrogen-bond acceptors (Lipinski definition) is 3. The summed E-state index contributed by atoms with van der Waals surface area (Å²) < 4.78 is 15.7. The predicted molar refractivity (Wildman–Crippen MR) is 124 cm³/mol. The summed E-state index contributed by atoms with van der Waals surface area (Å²) in [7, 11) is 6.68. The van der Waals surface area contributed by atoms with Gasteiger partial charge in [-0.25, -0.2) is 0 Å². The number of hydrogen-bond donors (Lipinski definition) is 0. The summed E-state index contributed by atoms with van der Waals surface area (Å²) in [5, 5.41) is 4.68. The second kappa shape index (κ2) is 11.1. The molecular weight excluding hydrogens is 360 g/mol. The SMILES string of the molecule is CC.COC.COc1ccc2ccccc2c1-c1c(OC)ccc2ccccc12. The lowest BCUT2D eigenvalue weighted by molar-refractivity contribution is 0.277. The Bertz CT molecular complexity index is 969. The summed E-state index contributed by atoms with van der Waals surface area (Å²) in [6.07, 6.45) is 0. The maximum Gasteiger partial charge on any atom is 0.127 e. The van der Waals surface area contributed by atoms with Crippen LogP contribution in [0.3, 0.4) is 0 Å². The van der Waals surface area contributed by atoms with E-state index in [-0.39, 0.29) is 0 Å². The lowest BCUT2D eigenvalue weighted by atomic mass is 9.92. The fraction of sp³-hybridized carbons (Fsp3) is 0.231. The second-order valence-corrected chi connectivity index (χ2v) is 6.14. The van der Waals surface area contributed by atoms with E-state index in [9.17, 15) is 0 Å². The Morgan fingerprint density at radius 1 is 0.483 bits per heavy atom. The van der Waals surface area contributed by atoms with Gasteiger partial charge in [0.2, 0.25) is 0 Å². The molecule has 0 spiro atoms. The van der Waals surface area contributed by atoms with E-state index in [1.54, 1.807) is 28.4 Å². The maximum absolute atomic E-state index is 5.70. The minimum absolute atomic E-state index is 0.850. The van der Waals surface area contributed by atoms with Crippen molar-refractivity contribution in [1.29, 1.82) is 0 Å². The van der Waals surface area contributed by atoms with Gasteiger partial charge in [0.15, 0.2) is 0 Å². The molecule has 0 N–H and O–H groups in total. The maximum atomic E-state index is 5.70. The summed E-state index contributed by atoms with van der Waals surface area (Å²) in [4.78, 5) is 0. The number of ether oxygens (including phenoxy) is 3. The first-order valence-electron chi connectivity index (χ1n) is 9.77. The Morgan fingerprint density at radius 3 is 1.17 bits per heavy atom. The van der Waals surface area contributed by atoms with E-state index in [4.69, 9.17) is 9.47 Å². The van der Waals surface area contributed by atoms with Gasteiger partial charge >= 0.3 is 0 Å². The van der Waals surface area contributed by atoms with Gasteiger partial charge in [-0.15, -0.1) is 0 Å². The molecule has 0 aromatic heterocycles. The van der Waals surface area contributed by atoms with Crippen LogP contribution in [-0.4, -0.2) is 28.4 Å². The van der Waals surface area contributed by atoms with Gasteiger partial charge in [0.25, 0.3) is 0 Å². The van der Waals surface area contributed by atoms with Crippen molar-refractivity contribution in [1.82, 2.24) is 0 Å². The number of fused-ring (bicyclic) bond motifs is 2. The van der Waals surface area contributed by atoms with E-state index in [1.165, 1.54) is 10.8 Å². The molecule has 0 amide bonds. The van der Waals surface area contributed by atoms with Crippen LogP contribution in [0.5, 0.6) is 11.5 Å². The van der Waals surface area contributed by atoms with Gasteiger partial charge in [-0.3, -0.25) is 0 Å². The van der Waals surface area contributed by atoms with Crippen molar-refractivity contribution in [2.75, 3.05) is 28.4 Å². The zero-order chi connectivity index (χ0) is 21.2. The van der Waals surface area contributed by atoms with Gasteiger partial charge in [0, 0.05) is 25.3 Å². The van der Waals surface area contributed by atoms with Gasteiger partial charge in [0.05, 0.1) is 14.2 Å². The molecule has 0 aliphatic rings. The average Bonchev–Trinajstić information content (AvgIpc) is 2.79.